The van der Waals surface area contributed by atoms with Gasteiger partial charge >= 0.3 is 0 Å². The van der Waals surface area contributed by atoms with E-state index < -0.39 is 0 Å². The average Bonchev–Trinajstić information content (AvgIpc) is 2.36. The first-order valence-corrected chi connectivity index (χ1v) is 5.64. The normalized spacial score (nSPS) is 23.1. The molecule has 2 heteroatoms. The van der Waals surface area contributed by atoms with E-state index in [9.17, 15) is 4.79 Å². The molecule has 1 fully saturated rings. The summed E-state index contributed by atoms with van der Waals surface area (Å²) in [5, 5.41) is 0. The molecule has 1 nitrogen and oxygen atoms in total. The summed E-state index contributed by atoms with van der Waals surface area (Å²) in [7, 11) is 0. The predicted octanol–water partition coefficient (Wildman–Crippen LogP) is 3.47. The molecular formula is C10H15IO. The smallest absolute Gasteiger partial charge is 0.135 e. The molecule has 1 unspecified atom stereocenters. The van der Waals surface area contributed by atoms with E-state index in [4.69, 9.17) is 0 Å². The van der Waals surface area contributed by atoms with Gasteiger partial charge in [0.2, 0.25) is 0 Å². The molecule has 0 aromatic heterocycles. The highest BCUT2D eigenvalue weighted by Gasteiger charge is 2.23. The molecule has 1 saturated carbocycles. The molecule has 0 radical (unpaired) electrons. The number of hydrogen-bond donors (Lipinski definition) is 0. The van der Waals surface area contributed by atoms with Crippen molar-refractivity contribution in [1.82, 2.24) is 0 Å². The third-order valence-corrected chi connectivity index (χ3v) is 2.97. The Morgan fingerprint density at radius 1 is 1.67 bits per heavy atom. The molecule has 0 spiro atoms. The minimum atomic E-state index is 0.390. The standard InChI is InChI=1S/C10H15IO/c1-8(11)4-2-5-9-6-3-7-10(9)12/h9H,1-7H2. The molecule has 0 amide bonds. The molecule has 68 valence electrons. The van der Waals surface area contributed by atoms with Crippen LogP contribution in [-0.4, -0.2) is 5.78 Å². The van der Waals surface area contributed by atoms with Gasteiger partial charge in [0.05, 0.1) is 0 Å². The lowest BCUT2D eigenvalue weighted by Gasteiger charge is -2.05. The maximum atomic E-state index is 11.2. The summed E-state index contributed by atoms with van der Waals surface area (Å²) in [5.74, 6) is 0.884. The third kappa shape index (κ3) is 3.25. The first-order valence-electron chi connectivity index (χ1n) is 4.56. The van der Waals surface area contributed by atoms with Gasteiger partial charge in [0, 0.05) is 12.3 Å². The third-order valence-electron chi connectivity index (χ3n) is 2.43. The van der Waals surface area contributed by atoms with Crippen LogP contribution in [0.4, 0.5) is 0 Å². The topological polar surface area (TPSA) is 17.1 Å². The Kier molecular flexibility index (Phi) is 4.26. The molecule has 0 aliphatic heterocycles. The number of allylic oxidation sites excluding steroid dienone is 1. The van der Waals surface area contributed by atoms with Crippen LogP contribution in [0.1, 0.15) is 38.5 Å². The van der Waals surface area contributed by atoms with Crippen molar-refractivity contribution in [2.45, 2.75) is 38.5 Å². The summed E-state index contributed by atoms with van der Waals surface area (Å²) in [6.45, 7) is 3.84. The lowest BCUT2D eigenvalue weighted by molar-refractivity contribution is -0.120. The van der Waals surface area contributed by atoms with Crippen molar-refractivity contribution in [3.63, 3.8) is 0 Å². The average molecular weight is 278 g/mol. The number of carbonyl (C=O) groups is 1. The molecule has 12 heavy (non-hydrogen) atoms. The molecule has 1 atom stereocenters. The quantitative estimate of drug-likeness (QED) is 0.719. The first kappa shape index (κ1) is 10.2. The summed E-state index contributed by atoms with van der Waals surface area (Å²) in [5.41, 5.74) is 0. The Labute approximate surface area is 87.8 Å². The van der Waals surface area contributed by atoms with Crippen molar-refractivity contribution in [3.8, 4) is 0 Å². The van der Waals surface area contributed by atoms with Gasteiger partial charge in [-0.1, -0.05) is 6.58 Å². The predicted molar refractivity (Wildman–Crippen MR) is 59.4 cm³/mol. The van der Waals surface area contributed by atoms with Gasteiger partial charge in [-0.3, -0.25) is 4.79 Å². The number of carbonyl (C=O) groups excluding carboxylic acids is 1. The number of rotatable bonds is 4. The summed E-state index contributed by atoms with van der Waals surface area (Å²) in [6.07, 6.45) is 6.38. The van der Waals surface area contributed by atoms with Crippen LogP contribution in [0.15, 0.2) is 10.2 Å². The van der Waals surface area contributed by atoms with Crippen molar-refractivity contribution < 1.29 is 4.79 Å². The summed E-state index contributed by atoms with van der Waals surface area (Å²) in [6, 6.07) is 0. The fourth-order valence-electron chi connectivity index (χ4n) is 1.73. The Morgan fingerprint density at radius 2 is 2.42 bits per heavy atom. The summed E-state index contributed by atoms with van der Waals surface area (Å²) >= 11 is 2.25. The van der Waals surface area contributed by atoms with Gasteiger partial charge in [-0.2, -0.15) is 0 Å². The van der Waals surface area contributed by atoms with Crippen molar-refractivity contribution in [2.75, 3.05) is 0 Å². The lowest BCUT2D eigenvalue weighted by Crippen LogP contribution is -2.05. The molecule has 1 aliphatic carbocycles. The SMILES string of the molecule is C=C(I)CCCC1CCCC1=O. The second-order valence-corrected chi connectivity index (χ2v) is 4.99. The fourth-order valence-corrected chi connectivity index (χ4v) is 2.11. The highest BCUT2D eigenvalue weighted by Crippen LogP contribution is 2.27. The minimum absolute atomic E-state index is 0.390. The van der Waals surface area contributed by atoms with Crippen LogP contribution in [-0.2, 0) is 4.79 Å². The molecular weight excluding hydrogens is 263 g/mol. The molecule has 1 aliphatic rings. The highest BCUT2D eigenvalue weighted by atomic mass is 127. The van der Waals surface area contributed by atoms with Gasteiger partial charge in [-0.05, 0) is 58.3 Å². The van der Waals surface area contributed by atoms with Crippen LogP contribution in [0.3, 0.4) is 0 Å². The largest absolute Gasteiger partial charge is 0.299 e. The summed E-state index contributed by atoms with van der Waals surface area (Å²) < 4.78 is 1.21. The fraction of sp³-hybridized carbons (Fsp3) is 0.700. The second kappa shape index (κ2) is 5.00. The molecule has 0 aromatic rings. The molecule has 0 bridgehead atoms. The van der Waals surface area contributed by atoms with Gasteiger partial charge in [0.15, 0.2) is 0 Å². The first-order chi connectivity index (χ1) is 5.70. The highest BCUT2D eigenvalue weighted by molar-refractivity contribution is 14.1. The molecule has 0 N–H and O–H groups in total. The van der Waals surface area contributed by atoms with Gasteiger partial charge in [0.25, 0.3) is 0 Å². The van der Waals surface area contributed by atoms with E-state index >= 15 is 0 Å². The van der Waals surface area contributed by atoms with Crippen LogP contribution < -0.4 is 0 Å². The zero-order valence-electron chi connectivity index (χ0n) is 7.31. The number of hydrogen-bond acceptors (Lipinski definition) is 1. The van der Waals surface area contributed by atoms with Crippen molar-refractivity contribution in [2.24, 2.45) is 5.92 Å². The molecule has 0 heterocycles. The van der Waals surface area contributed by atoms with E-state index in [0.717, 1.165) is 38.5 Å². The van der Waals surface area contributed by atoms with Crippen LogP contribution in [0.25, 0.3) is 0 Å². The van der Waals surface area contributed by atoms with Crippen LogP contribution in [0, 0.1) is 5.92 Å². The minimum Gasteiger partial charge on any atom is -0.299 e. The van der Waals surface area contributed by atoms with E-state index in [-0.39, 0.29) is 0 Å². The maximum absolute atomic E-state index is 11.2. The zero-order valence-corrected chi connectivity index (χ0v) is 9.47. The molecule has 0 saturated heterocycles. The Hall–Kier alpha value is 0.140. The number of Topliss-reactive ketones (excluding diaryl/α,β-unsaturated/α-hetero) is 1. The Balaban J connectivity index is 2.14. The number of ketones is 1. The monoisotopic (exact) mass is 278 g/mol. The van der Waals surface area contributed by atoms with Crippen LogP contribution in [0.5, 0.6) is 0 Å². The zero-order chi connectivity index (χ0) is 8.97. The van der Waals surface area contributed by atoms with Gasteiger partial charge in [0.1, 0.15) is 5.78 Å². The van der Waals surface area contributed by atoms with E-state index in [0.29, 0.717) is 11.7 Å². The second-order valence-electron chi connectivity index (χ2n) is 3.46. The van der Waals surface area contributed by atoms with Crippen molar-refractivity contribution in [1.29, 1.82) is 0 Å². The van der Waals surface area contributed by atoms with Gasteiger partial charge < -0.3 is 0 Å². The van der Waals surface area contributed by atoms with E-state index in [1.807, 2.05) is 0 Å². The summed E-state index contributed by atoms with van der Waals surface area (Å²) in [4.78, 5) is 11.2. The van der Waals surface area contributed by atoms with Crippen LogP contribution in [0.2, 0.25) is 0 Å². The number of halogens is 1. The van der Waals surface area contributed by atoms with Gasteiger partial charge in [-0.15, -0.1) is 0 Å². The molecule has 1 rings (SSSR count). The Bertz CT molecular complexity index is 186. The van der Waals surface area contributed by atoms with E-state index in [1.54, 1.807) is 0 Å². The molecule has 0 aromatic carbocycles. The van der Waals surface area contributed by atoms with Crippen molar-refractivity contribution in [3.05, 3.63) is 10.2 Å². The lowest BCUT2D eigenvalue weighted by atomic mass is 10.00. The maximum Gasteiger partial charge on any atom is 0.135 e. The van der Waals surface area contributed by atoms with Crippen LogP contribution >= 0.6 is 22.6 Å². The van der Waals surface area contributed by atoms with Gasteiger partial charge in [-0.25, -0.2) is 0 Å². The van der Waals surface area contributed by atoms with Crippen molar-refractivity contribution >= 4 is 28.4 Å². The van der Waals surface area contributed by atoms with E-state index in [1.165, 1.54) is 3.58 Å². The Morgan fingerprint density at radius 3 is 2.92 bits per heavy atom. The van der Waals surface area contributed by atoms with E-state index in [2.05, 4.69) is 29.2 Å².